The van der Waals surface area contributed by atoms with Gasteiger partial charge in [0.1, 0.15) is 5.60 Å². The van der Waals surface area contributed by atoms with Crippen molar-refractivity contribution in [2.45, 2.75) is 61.2 Å². The van der Waals surface area contributed by atoms with Crippen molar-refractivity contribution < 1.29 is 48.8 Å². The minimum absolute atomic E-state index is 0.0527. The maximum Gasteiger partial charge on any atom is 0.458 e. The zero-order valence-electron chi connectivity index (χ0n) is 13.2. The number of hydrogen-bond acceptors (Lipinski definition) is 4. The number of rotatable bonds is 4. The van der Waals surface area contributed by atoms with Gasteiger partial charge < -0.3 is 4.74 Å². The summed E-state index contributed by atoms with van der Waals surface area (Å²) in [6, 6.07) is 0. The van der Waals surface area contributed by atoms with Crippen LogP contribution in [-0.2, 0) is 19.6 Å². The first-order chi connectivity index (χ1) is 11.6. The van der Waals surface area contributed by atoms with Gasteiger partial charge in [-0.15, -0.1) is 0 Å². The second-order valence-corrected chi connectivity index (χ2v) is 9.15. The summed E-state index contributed by atoms with van der Waals surface area (Å²) in [7, 11) is -6.80. The maximum atomic E-state index is 14.5. The van der Waals surface area contributed by atoms with Gasteiger partial charge in [-0.2, -0.15) is 30.4 Å². The van der Waals surface area contributed by atoms with Crippen molar-refractivity contribution in [1.29, 1.82) is 0 Å². The molecule has 0 saturated heterocycles. The normalized spacial score (nSPS) is 36.7. The lowest BCUT2D eigenvalue weighted by Gasteiger charge is -2.56. The van der Waals surface area contributed by atoms with Gasteiger partial charge in [-0.1, -0.05) is 0 Å². The molecule has 0 aliphatic heterocycles. The summed E-state index contributed by atoms with van der Waals surface area (Å²) >= 11 is 0. The summed E-state index contributed by atoms with van der Waals surface area (Å²) in [4.78, 5) is 12.0. The highest BCUT2D eigenvalue weighted by molar-refractivity contribution is 7.88. The third kappa shape index (κ3) is 2.71. The molecule has 0 aromatic heterocycles. The Kier molecular flexibility index (Phi) is 4.16. The van der Waals surface area contributed by atoms with Gasteiger partial charge in [0.15, 0.2) is 0 Å². The highest BCUT2D eigenvalue weighted by Crippen LogP contribution is 2.58. The second-order valence-electron chi connectivity index (χ2n) is 7.63. The van der Waals surface area contributed by atoms with E-state index in [1.165, 1.54) is 0 Å². The van der Waals surface area contributed by atoms with E-state index < -0.39 is 38.8 Å². The molecule has 4 saturated carbocycles. The van der Waals surface area contributed by atoms with Crippen molar-refractivity contribution in [3.63, 3.8) is 0 Å². The van der Waals surface area contributed by atoms with Crippen molar-refractivity contribution in [2.24, 2.45) is 17.8 Å². The predicted octanol–water partition coefficient (Wildman–Crippen LogP) is 3.25. The van der Waals surface area contributed by atoms with E-state index in [0.717, 1.165) is 19.3 Å². The van der Waals surface area contributed by atoms with Gasteiger partial charge in [0.2, 0.25) is 0 Å². The van der Waals surface area contributed by atoms with Crippen LogP contribution in [0.2, 0.25) is 0 Å². The van der Waals surface area contributed by atoms with E-state index >= 15 is 0 Å². The third-order valence-corrected chi connectivity index (χ3v) is 6.80. The van der Waals surface area contributed by atoms with Crippen LogP contribution in [0.1, 0.15) is 38.5 Å². The third-order valence-electron chi connectivity index (χ3n) is 5.67. The Balaban J connectivity index is 1.95. The lowest BCUT2D eigenvalue weighted by Crippen LogP contribution is -2.65. The average molecular weight is 410 g/mol. The Morgan fingerprint density at radius 1 is 0.923 bits per heavy atom. The Labute approximate surface area is 144 Å². The maximum absolute atomic E-state index is 14.5. The Bertz CT molecular complexity index is 683. The number of esters is 1. The van der Waals surface area contributed by atoms with Gasteiger partial charge in [-0.25, -0.2) is 9.18 Å². The molecule has 26 heavy (non-hydrogen) atoms. The topological polar surface area (TPSA) is 80.7 Å². The van der Waals surface area contributed by atoms with Crippen LogP contribution in [0.25, 0.3) is 0 Å². The zero-order chi connectivity index (χ0) is 19.8. The van der Waals surface area contributed by atoms with Crippen LogP contribution in [0.5, 0.6) is 0 Å². The largest absolute Gasteiger partial charge is 0.458 e. The van der Waals surface area contributed by atoms with Crippen molar-refractivity contribution >= 4 is 16.1 Å². The molecular weight excluding hydrogens is 394 g/mol. The predicted molar refractivity (Wildman–Crippen MR) is 73.4 cm³/mol. The van der Waals surface area contributed by atoms with Gasteiger partial charge in [-0.3, -0.25) is 4.55 Å². The van der Waals surface area contributed by atoms with Crippen LogP contribution in [0.4, 0.5) is 26.3 Å². The summed E-state index contributed by atoms with van der Waals surface area (Å²) in [6.45, 7) is 0. The smallest absolute Gasteiger partial charge is 0.456 e. The van der Waals surface area contributed by atoms with Gasteiger partial charge in [-0.05, 0) is 56.3 Å². The molecule has 0 radical (unpaired) electrons. The number of carbonyl (C=O) groups is 1. The minimum atomic E-state index is -6.80. The first-order valence-corrected chi connectivity index (χ1v) is 9.39. The molecule has 4 bridgehead atoms. The van der Waals surface area contributed by atoms with Crippen molar-refractivity contribution in [3.8, 4) is 0 Å². The molecule has 1 atom stereocenters. The van der Waals surface area contributed by atoms with E-state index in [1.807, 2.05) is 0 Å². The fourth-order valence-electron chi connectivity index (χ4n) is 5.00. The molecule has 0 aromatic carbocycles. The number of hydrogen-bond donors (Lipinski definition) is 1. The summed E-state index contributed by atoms with van der Waals surface area (Å²) in [5, 5.41) is -5.97. The first kappa shape index (κ1) is 19.7. The Morgan fingerprint density at radius 2 is 1.31 bits per heavy atom. The van der Waals surface area contributed by atoms with Gasteiger partial charge in [0, 0.05) is 0 Å². The highest BCUT2D eigenvalue weighted by Gasteiger charge is 2.82. The van der Waals surface area contributed by atoms with E-state index in [4.69, 9.17) is 9.29 Å². The molecule has 5 nitrogen and oxygen atoms in total. The van der Waals surface area contributed by atoms with Gasteiger partial charge in [0.05, 0.1) is 0 Å². The first-order valence-electron chi connectivity index (χ1n) is 7.95. The molecule has 0 heterocycles. The average Bonchev–Trinajstić information content (AvgIpc) is 2.41. The van der Waals surface area contributed by atoms with Crippen LogP contribution in [0, 0.1) is 17.8 Å². The molecule has 150 valence electrons. The summed E-state index contributed by atoms with van der Waals surface area (Å²) < 4.78 is 115. The van der Waals surface area contributed by atoms with E-state index in [9.17, 15) is 39.6 Å². The Hall–Kier alpha value is -1.04. The fraction of sp³-hybridized carbons (Fsp3) is 0.929. The molecular formula is C14H16F6O5S. The molecule has 0 amide bonds. The quantitative estimate of drug-likeness (QED) is 0.437. The molecule has 1 unspecified atom stereocenters. The van der Waals surface area contributed by atoms with Crippen LogP contribution in [0.3, 0.4) is 0 Å². The van der Waals surface area contributed by atoms with Crippen molar-refractivity contribution in [3.05, 3.63) is 0 Å². The van der Waals surface area contributed by atoms with Crippen molar-refractivity contribution in [2.75, 3.05) is 0 Å². The van der Waals surface area contributed by atoms with Gasteiger partial charge >= 0.3 is 33.2 Å². The molecule has 12 heteroatoms. The van der Waals surface area contributed by atoms with Crippen molar-refractivity contribution in [1.82, 2.24) is 0 Å². The van der Waals surface area contributed by atoms with Gasteiger partial charge in [0.25, 0.3) is 0 Å². The monoisotopic (exact) mass is 410 g/mol. The number of alkyl halides is 6. The molecule has 4 fully saturated rings. The molecule has 0 spiro atoms. The lowest BCUT2D eigenvalue weighted by atomic mass is 9.54. The SMILES string of the molecule is O=C(OC12CC3CC(CC(C3)C1)C2)C(F)(C(F)(F)C(F)(F)F)S(=O)(=O)O. The van der Waals surface area contributed by atoms with Crippen LogP contribution < -0.4 is 0 Å². The van der Waals surface area contributed by atoms with Crippen LogP contribution in [0.15, 0.2) is 0 Å². The summed E-state index contributed by atoms with van der Waals surface area (Å²) in [5.41, 5.74) is -1.48. The number of ether oxygens (including phenoxy) is 1. The molecule has 4 aliphatic carbocycles. The van der Waals surface area contributed by atoms with Crippen LogP contribution >= 0.6 is 0 Å². The second kappa shape index (κ2) is 5.49. The molecule has 0 aromatic rings. The van der Waals surface area contributed by atoms with E-state index in [0.29, 0.717) is 0 Å². The Morgan fingerprint density at radius 3 is 1.62 bits per heavy atom. The van der Waals surface area contributed by atoms with E-state index in [1.54, 1.807) is 0 Å². The minimum Gasteiger partial charge on any atom is -0.456 e. The van der Waals surface area contributed by atoms with E-state index in [2.05, 4.69) is 0 Å². The van der Waals surface area contributed by atoms with Crippen LogP contribution in [-0.4, -0.2) is 41.6 Å². The highest BCUT2D eigenvalue weighted by atomic mass is 32.2. The fourth-order valence-corrected chi connectivity index (χ4v) is 5.69. The van der Waals surface area contributed by atoms with E-state index in [-0.39, 0.29) is 37.0 Å². The number of carbonyl (C=O) groups excluding carboxylic acids is 1. The molecule has 4 rings (SSSR count). The standard InChI is InChI=1S/C14H16F6O5S/c15-12(26(22,23)24,13(16,17)14(18,19)20)10(21)25-11-4-7-1-8(5-11)3-9(2-7)6-11/h7-9H,1-6H2,(H,22,23,24). The summed E-state index contributed by atoms with van der Waals surface area (Å²) in [5.74, 6) is -9.46. The zero-order valence-corrected chi connectivity index (χ0v) is 14.0. The lowest BCUT2D eigenvalue weighted by molar-refractivity contribution is -0.313. The number of halogens is 6. The summed E-state index contributed by atoms with van der Waals surface area (Å²) in [6.07, 6.45) is -3.95. The molecule has 4 aliphatic rings. The molecule has 1 N–H and O–H groups in total.